The first-order valence-corrected chi connectivity index (χ1v) is 6.61. The molecule has 15 heavy (non-hydrogen) atoms. The van der Waals surface area contributed by atoms with Crippen molar-refractivity contribution in [2.45, 2.75) is 38.7 Å². The van der Waals surface area contributed by atoms with E-state index in [1.807, 2.05) is 11.3 Å². The van der Waals surface area contributed by atoms with Crippen molar-refractivity contribution in [1.82, 2.24) is 0 Å². The van der Waals surface area contributed by atoms with Gasteiger partial charge in [-0.2, -0.15) is 0 Å². The summed E-state index contributed by atoms with van der Waals surface area (Å²) in [6.45, 7) is 2.12. The van der Waals surface area contributed by atoms with Crippen LogP contribution < -0.4 is 9.75 Å². The molecule has 2 atom stereocenters. The van der Waals surface area contributed by atoms with Gasteiger partial charge in [-0.1, -0.05) is 25.5 Å². The molecule has 0 radical (unpaired) electrons. The Morgan fingerprint density at radius 2 is 2.47 bits per heavy atom. The lowest BCUT2D eigenvalue weighted by Gasteiger charge is -2.16. The average molecular weight is 222 g/mol. The number of fused-ring (bicyclic) bond motifs is 1. The van der Waals surface area contributed by atoms with Gasteiger partial charge in [-0.3, -0.25) is 0 Å². The van der Waals surface area contributed by atoms with Crippen LogP contribution in [-0.2, 0) is 0 Å². The largest absolute Gasteiger partial charge is 0.393 e. The Kier molecular flexibility index (Phi) is 3.60. The third-order valence-electron chi connectivity index (χ3n) is 2.95. The van der Waals surface area contributed by atoms with Crippen molar-refractivity contribution in [3.05, 3.63) is 21.2 Å². The molecule has 0 saturated carbocycles. The minimum absolute atomic E-state index is 0.121. The first-order chi connectivity index (χ1) is 7.29. The molecule has 2 heteroatoms. The van der Waals surface area contributed by atoms with Crippen LogP contribution in [0.15, 0.2) is 11.4 Å². The Balaban J connectivity index is 2.03. The summed E-state index contributed by atoms with van der Waals surface area (Å²) in [6.07, 6.45) is 8.52. The molecule has 0 amide bonds. The van der Waals surface area contributed by atoms with Gasteiger partial charge in [0.15, 0.2) is 0 Å². The van der Waals surface area contributed by atoms with Gasteiger partial charge in [-0.15, -0.1) is 11.3 Å². The lowest BCUT2D eigenvalue weighted by Crippen LogP contribution is -2.25. The molecule has 0 spiro atoms. The van der Waals surface area contributed by atoms with E-state index in [2.05, 4.69) is 30.5 Å². The molecule has 1 aliphatic carbocycles. The molecule has 0 saturated heterocycles. The predicted octanol–water partition coefficient (Wildman–Crippen LogP) is 1.88. The molecule has 1 nitrogen and oxygen atoms in total. The fraction of sp³-hybridized carbons (Fsp3) is 0.538. The normalized spacial score (nSPS) is 21.3. The second-order valence-corrected chi connectivity index (χ2v) is 5.23. The van der Waals surface area contributed by atoms with E-state index in [1.54, 1.807) is 0 Å². The molecule has 0 aromatic carbocycles. The fourth-order valence-corrected chi connectivity index (χ4v) is 3.01. The van der Waals surface area contributed by atoms with Gasteiger partial charge in [0, 0.05) is 4.53 Å². The van der Waals surface area contributed by atoms with Crippen LogP contribution in [0.4, 0.5) is 0 Å². The molecule has 1 aromatic heterocycles. The molecule has 2 unspecified atom stereocenters. The summed E-state index contributed by atoms with van der Waals surface area (Å²) in [5, 5.41) is 13.3. The quantitative estimate of drug-likeness (QED) is 0.824. The summed E-state index contributed by atoms with van der Waals surface area (Å²) in [5.41, 5.74) is 0. The molecule has 2 rings (SSSR count). The van der Waals surface area contributed by atoms with E-state index in [1.165, 1.54) is 9.75 Å². The zero-order valence-corrected chi connectivity index (χ0v) is 9.96. The third kappa shape index (κ3) is 2.70. The van der Waals surface area contributed by atoms with Gasteiger partial charge in [-0.25, -0.2) is 0 Å². The molecule has 1 aromatic rings. The average Bonchev–Trinajstić information content (AvgIpc) is 2.65. The highest BCUT2D eigenvalue weighted by Gasteiger charge is 2.12. The molecule has 0 aliphatic heterocycles. The smallest absolute Gasteiger partial charge is 0.0545 e. The highest BCUT2D eigenvalue weighted by molar-refractivity contribution is 7.07. The lowest BCUT2D eigenvalue weighted by atomic mass is 9.93. The van der Waals surface area contributed by atoms with Gasteiger partial charge in [0.05, 0.1) is 6.10 Å². The Labute approximate surface area is 94.8 Å². The van der Waals surface area contributed by atoms with E-state index < -0.39 is 0 Å². The first kappa shape index (κ1) is 10.9. The fourth-order valence-electron chi connectivity index (χ4n) is 2.18. The van der Waals surface area contributed by atoms with Crippen molar-refractivity contribution in [2.24, 2.45) is 5.92 Å². The minimum atomic E-state index is -0.121. The van der Waals surface area contributed by atoms with Crippen molar-refractivity contribution in [3.8, 4) is 0 Å². The predicted molar refractivity (Wildman–Crippen MR) is 66.1 cm³/mol. The summed E-state index contributed by atoms with van der Waals surface area (Å²) >= 11 is 1.81. The van der Waals surface area contributed by atoms with Crippen LogP contribution in [0.3, 0.4) is 0 Å². The van der Waals surface area contributed by atoms with Gasteiger partial charge >= 0.3 is 0 Å². The van der Waals surface area contributed by atoms with E-state index in [0.717, 1.165) is 25.7 Å². The molecular formula is C13H18OS. The Bertz CT molecular complexity index is 418. The van der Waals surface area contributed by atoms with Crippen molar-refractivity contribution < 1.29 is 5.11 Å². The Morgan fingerprint density at radius 3 is 3.27 bits per heavy atom. The van der Waals surface area contributed by atoms with E-state index >= 15 is 0 Å². The van der Waals surface area contributed by atoms with E-state index in [9.17, 15) is 5.11 Å². The maximum atomic E-state index is 9.77. The van der Waals surface area contributed by atoms with Crippen LogP contribution in [-0.4, -0.2) is 11.2 Å². The summed E-state index contributed by atoms with van der Waals surface area (Å²) in [6, 6.07) is 2.18. The summed E-state index contributed by atoms with van der Waals surface area (Å²) in [4.78, 5) is 0. The zero-order chi connectivity index (χ0) is 10.7. The molecule has 1 N–H and O–H groups in total. The van der Waals surface area contributed by atoms with Crippen LogP contribution in [0, 0.1) is 5.92 Å². The standard InChI is InChI=1S/C13H18OS/c1-2-3-12(14)9-10-4-5-13-11(8-10)6-7-15-13/h5-8,10,12,14H,2-4,9H2,1H3. The number of thiophene rings is 1. The number of aliphatic hydroxyl groups is 1. The molecule has 1 heterocycles. The van der Waals surface area contributed by atoms with Crippen molar-refractivity contribution >= 4 is 23.5 Å². The van der Waals surface area contributed by atoms with E-state index in [4.69, 9.17) is 0 Å². The monoisotopic (exact) mass is 222 g/mol. The maximum Gasteiger partial charge on any atom is 0.0545 e. The van der Waals surface area contributed by atoms with E-state index in [0.29, 0.717) is 5.92 Å². The van der Waals surface area contributed by atoms with Gasteiger partial charge in [0.2, 0.25) is 0 Å². The number of rotatable bonds is 4. The molecule has 0 fully saturated rings. The van der Waals surface area contributed by atoms with Gasteiger partial charge in [-0.05, 0) is 41.8 Å². The van der Waals surface area contributed by atoms with Crippen LogP contribution in [0.5, 0.6) is 0 Å². The maximum absolute atomic E-state index is 9.77. The number of hydrogen-bond donors (Lipinski definition) is 1. The molecule has 0 bridgehead atoms. The zero-order valence-electron chi connectivity index (χ0n) is 9.15. The Morgan fingerprint density at radius 1 is 1.60 bits per heavy atom. The summed E-state index contributed by atoms with van der Waals surface area (Å²) < 4.78 is 1.40. The Hall–Kier alpha value is -0.600. The van der Waals surface area contributed by atoms with Crippen LogP contribution >= 0.6 is 11.3 Å². The molecule has 82 valence electrons. The second-order valence-electron chi connectivity index (χ2n) is 4.28. The van der Waals surface area contributed by atoms with Gasteiger partial charge in [0.25, 0.3) is 0 Å². The van der Waals surface area contributed by atoms with Crippen LogP contribution in [0.1, 0.15) is 32.6 Å². The van der Waals surface area contributed by atoms with Crippen molar-refractivity contribution in [3.63, 3.8) is 0 Å². The van der Waals surface area contributed by atoms with Gasteiger partial charge in [0.1, 0.15) is 0 Å². The van der Waals surface area contributed by atoms with Crippen LogP contribution in [0.25, 0.3) is 12.2 Å². The molecule has 1 aliphatic rings. The molecular weight excluding hydrogens is 204 g/mol. The SMILES string of the molecule is CCCC(O)CC1C=c2ccsc2=CC1. The second kappa shape index (κ2) is 4.95. The van der Waals surface area contributed by atoms with Crippen molar-refractivity contribution in [1.29, 1.82) is 0 Å². The first-order valence-electron chi connectivity index (χ1n) is 5.73. The number of hydrogen-bond acceptors (Lipinski definition) is 2. The summed E-state index contributed by atoms with van der Waals surface area (Å²) in [7, 11) is 0. The summed E-state index contributed by atoms with van der Waals surface area (Å²) in [5.74, 6) is 0.536. The van der Waals surface area contributed by atoms with E-state index in [-0.39, 0.29) is 6.10 Å². The van der Waals surface area contributed by atoms with Crippen LogP contribution in [0.2, 0.25) is 0 Å². The third-order valence-corrected chi connectivity index (χ3v) is 3.87. The number of aliphatic hydroxyl groups excluding tert-OH is 1. The highest BCUT2D eigenvalue weighted by atomic mass is 32.1. The highest BCUT2D eigenvalue weighted by Crippen LogP contribution is 2.18. The van der Waals surface area contributed by atoms with Crippen molar-refractivity contribution in [2.75, 3.05) is 0 Å². The van der Waals surface area contributed by atoms with Gasteiger partial charge < -0.3 is 5.11 Å². The minimum Gasteiger partial charge on any atom is -0.393 e. The topological polar surface area (TPSA) is 20.2 Å². The lowest BCUT2D eigenvalue weighted by molar-refractivity contribution is 0.143.